The van der Waals surface area contributed by atoms with E-state index in [1.54, 1.807) is 30.3 Å². The fourth-order valence-electron chi connectivity index (χ4n) is 2.62. The van der Waals surface area contributed by atoms with Gasteiger partial charge in [-0.15, -0.1) is 0 Å². The van der Waals surface area contributed by atoms with Gasteiger partial charge in [-0.1, -0.05) is 12.1 Å². The molecular weight excluding hydrogens is 334 g/mol. The summed E-state index contributed by atoms with van der Waals surface area (Å²) in [6.07, 6.45) is 0.810. The van der Waals surface area contributed by atoms with E-state index in [1.807, 2.05) is 19.9 Å². The highest BCUT2D eigenvalue weighted by Crippen LogP contribution is 2.32. The molecule has 0 spiro atoms. The van der Waals surface area contributed by atoms with Crippen molar-refractivity contribution in [1.29, 1.82) is 0 Å². The number of esters is 1. The van der Waals surface area contributed by atoms with Crippen LogP contribution in [0.25, 0.3) is 0 Å². The summed E-state index contributed by atoms with van der Waals surface area (Å²) in [6.45, 7) is 4.58. The number of nitrogens with one attached hydrogen (secondary N) is 1. The lowest BCUT2D eigenvalue weighted by Crippen LogP contribution is -2.21. The molecule has 136 valence electrons. The molecule has 0 unspecified atom stereocenters. The fourth-order valence-corrected chi connectivity index (χ4v) is 2.62. The summed E-state index contributed by atoms with van der Waals surface area (Å²) >= 11 is 0. The number of anilines is 1. The number of aryl methyl sites for hydroxylation is 1. The van der Waals surface area contributed by atoms with Crippen LogP contribution in [0, 0.1) is 13.8 Å². The van der Waals surface area contributed by atoms with Gasteiger partial charge in [0.05, 0.1) is 18.8 Å². The van der Waals surface area contributed by atoms with Crippen molar-refractivity contribution in [3.05, 3.63) is 53.1 Å². The third kappa shape index (κ3) is 4.14. The molecule has 2 aromatic carbocycles. The molecule has 2 aromatic rings. The monoisotopic (exact) mass is 355 g/mol. The second kappa shape index (κ2) is 7.91. The summed E-state index contributed by atoms with van der Waals surface area (Å²) in [4.78, 5) is 24.2. The molecule has 6 heteroatoms. The van der Waals surface area contributed by atoms with Crippen molar-refractivity contribution in [1.82, 2.24) is 0 Å². The largest absolute Gasteiger partial charge is 0.490 e. The van der Waals surface area contributed by atoms with Crippen molar-refractivity contribution < 1.29 is 23.8 Å². The van der Waals surface area contributed by atoms with Crippen LogP contribution >= 0.6 is 0 Å². The minimum atomic E-state index is -0.514. The molecule has 0 aromatic heterocycles. The van der Waals surface area contributed by atoms with E-state index in [9.17, 15) is 9.59 Å². The van der Waals surface area contributed by atoms with Gasteiger partial charge in [-0.25, -0.2) is 4.79 Å². The average Bonchev–Trinajstić information content (AvgIpc) is 2.87. The number of rotatable bonds is 4. The molecule has 0 radical (unpaired) electrons. The first-order chi connectivity index (χ1) is 12.5. The summed E-state index contributed by atoms with van der Waals surface area (Å²) in [5, 5.41) is 2.69. The highest BCUT2D eigenvalue weighted by Gasteiger charge is 2.15. The number of fused-ring (bicyclic) bond motifs is 1. The van der Waals surface area contributed by atoms with E-state index in [0.29, 0.717) is 36.0 Å². The van der Waals surface area contributed by atoms with E-state index < -0.39 is 11.9 Å². The van der Waals surface area contributed by atoms with E-state index in [0.717, 1.165) is 17.5 Å². The molecular formula is C20H21NO5. The number of amides is 1. The second-order valence-electron chi connectivity index (χ2n) is 6.08. The Morgan fingerprint density at radius 1 is 1.08 bits per heavy atom. The molecule has 1 aliphatic rings. The third-order valence-corrected chi connectivity index (χ3v) is 4.19. The number of carbonyl (C=O) groups excluding carboxylic acids is 2. The smallest absolute Gasteiger partial charge is 0.338 e. The summed E-state index contributed by atoms with van der Waals surface area (Å²) in [5.74, 6) is 0.313. The number of hydrogen-bond acceptors (Lipinski definition) is 5. The quantitative estimate of drug-likeness (QED) is 0.852. The fraction of sp³-hybridized carbons (Fsp3) is 0.300. The first-order valence-electron chi connectivity index (χ1n) is 8.47. The Balaban J connectivity index is 1.58. The Labute approximate surface area is 152 Å². The van der Waals surface area contributed by atoms with Crippen LogP contribution in [0.2, 0.25) is 0 Å². The Morgan fingerprint density at radius 2 is 1.85 bits per heavy atom. The summed E-state index contributed by atoms with van der Waals surface area (Å²) in [7, 11) is 0. The molecule has 0 fully saturated rings. The van der Waals surface area contributed by atoms with E-state index in [-0.39, 0.29) is 6.61 Å². The van der Waals surface area contributed by atoms with Crippen LogP contribution in [0.5, 0.6) is 11.5 Å². The molecule has 1 aliphatic heterocycles. The van der Waals surface area contributed by atoms with E-state index in [1.165, 1.54) is 0 Å². The zero-order chi connectivity index (χ0) is 18.5. The number of benzene rings is 2. The first kappa shape index (κ1) is 17.8. The predicted octanol–water partition coefficient (Wildman–Crippen LogP) is 3.26. The zero-order valence-electron chi connectivity index (χ0n) is 14.8. The van der Waals surface area contributed by atoms with Crippen LogP contribution in [0.4, 0.5) is 5.69 Å². The molecule has 1 amide bonds. The molecule has 0 bridgehead atoms. The van der Waals surface area contributed by atoms with Gasteiger partial charge in [0.2, 0.25) is 0 Å². The molecule has 0 saturated heterocycles. The normalized spacial score (nSPS) is 12.8. The highest BCUT2D eigenvalue weighted by molar-refractivity contribution is 5.96. The van der Waals surface area contributed by atoms with Crippen LogP contribution in [0.3, 0.4) is 0 Å². The summed E-state index contributed by atoms with van der Waals surface area (Å²) in [6, 6.07) is 10.6. The Bertz CT molecular complexity index is 831. The van der Waals surface area contributed by atoms with Gasteiger partial charge in [-0.05, 0) is 43.2 Å². The average molecular weight is 355 g/mol. The lowest BCUT2D eigenvalue weighted by Gasteiger charge is -2.11. The molecule has 1 heterocycles. The summed E-state index contributed by atoms with van der Waals surface area (Å²) in [5.41, 5.74) is 2.87. The van der Waals surface area contributed by atoms with Crippen molar-refractivity contribution in [2.75, 3.05) is 25.1 Å². The molecule has 0 saturated carbocycles. The second-order valence-corrected chi connectivity index (χ2v) is 6.08. The van der Waals surface area contributed by atoms with Crippen molar-refractivity contribution >= 4 is 17.6 Å². The first-order valence-corrected chi connectivity index (χ1v) is 8.47. The van der Waals surface area contributed by atoms with Gasteiger partial charge in [0, 0.05) is 18.2 Å². The Kier molecular flexibility index (Phi) is 5.41. The van der Waals surface area contributed by atoms with Crippen LogP contribution in [0.1, 0.15) is 27.9 Å². The number of ether oxygens (including phenoxy) is 3. The van der Waals surface area contributed by atoms with Gasteiger partial charge < -0.3 is 19.5 Å². The maximum absolute atomic E-state index is 12.2. The van der Waals surface area contributed by atoms with Gasteiger partial charge in [0.1, 0.15) is 0 Å². The minimum Gasteiger partial charge on any atom is -0.490 e. The molecule has 0 atom stereocenters. The lowest BCUT2D eigenvalue weighted by atomic mass is 10.0. The minimum absolute atomic E-state index is 0.360. The Hall–Kier alpha value is -3.02. The van der Waals surface area contributed by atoms with E-state index >= 15 is 0 Å². The highest BCUT2D eigenvalue weighted by atomic mass is 16.5. The topological polar surface area (TPSA) is 73.9 Å². The molecule has 26 heavy (non-hydrogen) atoms. The SMILES string of the molecule is Cc1cccc(C(=O)OCC(=O)Nc2ccc3c(c2)OCCCO3)c1C. The van der Waals surface area contributed by atoms with Gasteiger partial charge >= 0.3 is 5.97 Å². The zero-order valence-corrected chi connectivity index (χ0v) is 14.8. The Morgan fingerprint density at radius 3 is 2.65 bits per heavy atom. The van der Waals surface area contributed by atoms with Crippen LogP contribution in [-0.4, -0.2) is 31.7 Å². The van der Waals surface area contributed by atoms with Crippen molar-refractivity contribution in [3.63, 3.8) is 0 Å². The van der Waals surface area contributed by atoms with Crippen molar-refractivity contribution in [2.24, 2.45) is 0 Å². The predicted molar refractivity (Wildman–Crippen MR) is 96.9 cm³/mol. The van der Waals surface area contributed by atoms with Crippen LogP contribution < -0.4 is 14.8 Å². The van der Waals surface area contributed by atoms with E-state index in [4.69, 9.17) is 14.2 Å². The number of hydrogen-bond donors (Lipinski definition) is 1. The molecule has 6 nitrogen and oxygen atoms in total. The van der Waals surface area contributed by atoms with Crippen molar-refractivity contribution in [2.45, 2.75) is 20.3 Å². The van der Waals surface area contributed by atoms with Gasteiger partial charge in [0.25, 0.3) is 5.91 Å². The third-order valence-electron chi connectivity index (χ3n) is 4.19. The van der Waals surface area contributed by atoms with Crippen LogP contribution in [0.15, 0.2) is 36.4 Å². The van der Waals surface area contributed by atoms with Crippen molar-refractivity contribution in [3.8, 4) is 11.5 Å². The molecule has 3 rings (SSSR count). The van der Waals surface area contributed by atoms with Gasteiger partial charge in [-0.3, -0.25) is 4.79 Å². The van der Waals surface area contributed by atoms with Gasteiger partial charge in [-0.2, -0.15) is 0 Å². The van der Waals surface area contributed by atoms with E-state index in [2.05, 4.69) is 5.32 Å². The lowest BCUT2D eigenvalue weighted by molar-refractivity contribution is -0.119. The maximum atomic E-state index is 12.2. The van der Waals surface area contributed by atoms with Gasteiger partial charge in [0.15, 0.2) is 18.1 Å². The standard InChI is InChI=1S/C20H21NO5/c1-13-5-3-6-16(14(13)2)20(23)26-12-19(22)21-15-7-8-17-18(11-15)25-10-4-9-24-17/h3,5-8,11H,4,9-10,12H2,1-2H3,(H,21,22). The molecule has 1 N–H and O–H groups in total. The van der Waals surface area contributed by atoms with Crippen LogP contribution in [-0.2, 0) is 9.53 Å². The maximum Gasteiger partial charge on any atom is 0.338 e. The number of carbonyl (C=O) groups is 2. The summed E-state index contributed by atoms with van der Waals surface area (Å²) < 4.78 is 16.3. The molecule has 0 aliphatic carbocycles.